The first-order valence-electron chi connectivity index (χ1n) is 7.59. The molecule has 1 N–H and O–H groups in total. The zero-order valence-corrected chi connectivity index (χ0v) is 12.3. The number of nitrogens with one attached hydrogen (secondary N) is 1. The van der Waals surface area contributed by atoms with Gasteiger partial charge in [-0.15, -0.1) is 0 Å². The Bertz CT molecular complexity index is 402. The maximum absolute atomic E-state index is 13.3. The van der Waals surface area contributed by atoms with Crippen molar-refractivity contribution >= 4 is 0 Å². The van der Waals surface area contributed by atoms with E-state index in [0.29, 0.717) is 6.04 Å². The lowest BCUT2D eigenvalue weighted by Gasteiger charge is -2.37. The minimum atomic E-state index is -0.143. The van der Waals surface area contributed by atoms with Gasteiger partial charge in [-0.2, -0.15) is 0 Å². The molecule has 1 aromatic carbocycles. The topological polar surface area (TPSA) is 12.0 Å². The lowest BCUT2D eigenvalue weighted by molar-refractivity contribution is 0.195. The van der Waals surface area contributed by atoms with Crippen LogP contribution >= 0.6 is 0 Å². The molecule has 19 heavy (non-hydrogen) atoms. The Labute approximate surface area is 116 Å². The van der Waals surface area contributed by atoms with Crippen molar-refractivity contribution in [2.24, 2.45) is 11.8 Å². The molecular formula is C17H26FN. The summed E-state index contributed by atoms with van der Waals surface area (Å²) >= 11 is 0. The normalized spacial score (nSPS) is 25.5. The second-order valence-electron chi connectivity index (χ2n) is 6.24. The quantitative estimate of drug-likeness (QED) is 0.831. The third kappa shape index (κ3) is 3.79. The molecule has 2 rings (SSSR count). The summed E-state index contributed by atoms with van der Waals surface area (Å²) in [6.45, 7) is 6.77. The van der Waals surface area contributed by atoms with Crippen LogP contribution in [0.5, 0.6) is 0 Å². The van der Waals surface area contributed by atoms with Crippen LogP contribution in [0.25, 0.3) is 0 Å². The van der Waals surface area contributed by atoms with Gasteiger partial charge in [0.25, 0.3) is 0 Å². The summed E-state index contributed by atoms with van der Waals surface area (Å²) in [6.07, 6.45) is 5.25. The van der Waals surface area contributed by atoms with Gasteiger partial charge >= 0.3 is 0 Å². The fourth-order valence-corrected chi connectivity index (χ4v) is 3.36. The van der Waals surface area contributed by atoms with Crippen LogP contribution in [0.3, 0.4) is 0 Å². The van der Waals surface area contributed by atoms with Crippen LogP contribution in [0.15, 0.2) is 24.3 Å². The van der Waals surface area contributed by atoms with Crippen LogP contribution < -0.4 is 5.32 Å². The number of hydrogen-bond acceptors (Lipinski definition) is 1. The van der Waals surface area contributed by atoms with Gasteiger partial charge in [-0.1, -0.05) is 38.8 Å². The van der Waals surface area contributed by atoms with Crippen molar-refractivity contribution in [3.05, 3.63) is 35.6 Å². The molecule has 0 saturated heterocycles. The molecule has 0 amide bonds. The molecule has 0 aliphatic heterocycles. The van der Waals surface area contributed by atoms with E-state index >= 15 is 0 Å². The molecular weight excluding hydrogens is 237 g/mol. The summed E-state index contributed by atoms with van der Waals surface area (Å²) in [7, 11) is 0. The Morgan fingerprint density at radius 2 is 1.89 bits per heavy atom. The van der Waals surface area contributed by atoms with E-state index in [4.69, 9.17) is 0 Å². The maximum Gasteiger partial charge on any atom is 0.123 e. The van der Waals surface area contributed by atoms with Crippen LogP contribution in [0, 0.1) is 17.7 Å². The van der Waals surface area contributed by atoms with Crippen molar-refractivity contribution in [3.63, 3.8) is 0 Å². The van der Waals surface area contributed by atoms with Crippen molar-refractivity contribution in [1.82, 2.24) is 5.32 Å². The second-order valence-corrected chi connectivity index (χ2v) is 6.24. The van der Waals surface area contributed by atoms with Crippen LogP contribution in [0.2, 0.25) is 0 Å². The van der Waals surface area contributed by atoms with Gasteiger partial charge in [0.05, 0.1) is 0 Å². The van der Waals surface area contributed by atoms with Crippen molar-refractivity contribution in [2.75, 3.05) is 0 Å². The molecule has 1 aliphatic carbocycles. The van der Waals surface area contributed by atoms with Gasteiger partial charge in [0, 0.05) is 12.1 Å². The first-order chi connectivity index (χ1) is 9.08. The van der Waals surface area contributed by atoms with E-state index in [1.165, 1.54) is 31.7 Å². The molecule has 3 atom stereocenters. The molecule has 0 aromatic heterocycles. The van der Waals surface area contributed by atoms with Crippen LogP contribution in [-0.4, -0.2) is 6.04 Å². The summed E-state index contributed by atoms with van der Waals surface area (Å²) in [5, 5.41) is 3.73. The predicted molar refractivity (Wildman–Crippen MR) is 78.5 cm³/mol. The van der Waals surface area contributed by atoms with E-state index in [2.05, 4.69) is 26.1 Å². The van der Waals surface area contributed by atoms with E-state index in [1.807, 2.05) is 6.07 Å². The summed E-state index contributed by atoms with van der Waals surface area (Å²) in [4.78, 5) is 0. The molecule has 2 heteroatoms. The lowest BCUT2D eigenvalue weighted by Crippen LogP contribution is -2.42. The third-order valence-electron chi connectivity index (χ3n) is 4.49. The highest BCUT2D eigenvalue weighted by Crippen LogP contribution is 2.31. The minimum Gasteiger partial charge on any atom is -0.307 e. The van der Waals surface area contributed by atoms with Gasteiger partial charge in [-0.3, -0.25) is 0 Å². The van der Waals surface area contributed by atoms with Crippen LogP contribution in [0.1, 0.15) is 58.1 Å². The fraction of sp³-hybridized carbons (Fsp3) is 0.647. The van der Waals surface area contributed by atoms with E-state index in [1.54, 1.807) is 12.1 Å². The van der Waals surface area contributed by atoms with Crippen molar-refractivity contribution in [3.8, 4) is 0 Å². The van der Waals surface area contributed by atoms with Gasteiger partial charge in [0.2, 0.25) is 0 Å². The number of benzene rings is 1. The number of rotatable bonds is 4. The Morgan fingerprint density at radius 1 is 1.16 bits per heavy atom. The first-order valence-corrected chi connectivity index (χ1v) is 7.59. The maximum atomic E-state index is 13.3. The van der Waals surface area contributed by atoms with Gasteiger partial charge < -0.3 is 5.32 Å². The van der Waals surface area contributed by atoms with Crippen LogP contribution in [-0.2, 0) is 0 Å². The highest BCUT2D eigenvalue weighted by molar-refractivity contribution is 5.19. The summed E-state index contributed by atoms with van der Waals surface area (Å²) in [5.74, 6) is 1.33. The standard InChI is InChI=1S/C17H26FN/c1-12(2)16-9-4-5-10-17(16)19-13(3)14-7-6-8-15(18)11-14/h6-8,11-13,16-17,19H,4-5,9-10H2,1-3H3. The van der Waals surface area contributed by atoms with E-state index < -0.39 is 0 Å². The third-order valence-corrected chi connectivity index (χ3v) is 4.49. The molecule has 1 saturated carbocycles. The Balaban J connectivity index is 2.02. The van der Waals surface area contributed by atoms with Crippen molar-refractivity contribution in [2.45, 2.75) is 58.5 Å². The summed E-state index contributed by atoms with van der Waals surface area (Å²) in [6, 6.07) is 7.75. The molecule has 0 spiro atoms. The molecule has 0 heterocycles. The molecule has 1 fully saturated rings. The minimum absolute atomic E-state index is 0.143. The monoisotopic (exact) mass is 263 g/mol. The molecule has 0 bridgehead atoms. The molecule has 1 aromatic rings. The Kier molecular flexibility index (Phi) is 4.98. The predicted octanol–water partition coefficient (Wildman–Crippen LogP) is 4.69. The molecule has 106 valence electrons. The van der Waals surface area contributed by atoms with Crippen molar-refractivity contribution in [1.29, 1.82) is 0 Å². The van der Waals surface area contributed by atoms with E-state index in [-0.39, 0.29) is 11.9 Å². The highest BCUT2D eigenvalue weighted by atomic mass is 19.1. The average molecular weight is 263 g/mol. The average Bonchev–Trinajstić information content (AvgIpc) is 2.39. The smallest absolute Gasteiger partial charge is 0.123 e. The Hall–Kier alpha value is -0.890. The van der Waals surface area contributed by atoms with E-state index in [9.17, 15) is 4.39 Å². The molecule has 1 aliphatic rings. The highest BCUT2D eigenvalue weighted by Gasteiger charge is 2.28. The summed E-state index contributed by atoms with van der Waals surface area (Å²) < 4.78 is 13.3. The fourth-order valence-electron chi connectivity index (χ4n) is 3.36. The van der Waals surface area contributed by atoms with Crippen molar-refractivity contribution < 1.29 is 4.39 Å². The van der Waals surface area contributed by atoms with Gasteiger partial charge in [0.1, 0.15) is 5.82 Å². The number of hydrogen-bond donors (Lipinski definition) is 1. The summed E-state index contributed by atoms with van der Waals surface area (Å²) in [5.41, 5.74) is 1.05. The lowest BCUT2D eigenvalue weighted by atomic mass is 9.77. The zero-order valence-electron chi connectivity index (χ0n) is 12.3. The van der Waals surface area contributed by atoms with Gasteiger partial charge in [0.15, 0.2) is 0 Å². The Morgan fingerprint density at radius 3 is 2.58 bits per heavy atom. The number of halogens is 1. The van der Waals surface area contributed by atoms with Crippen LogP contribution in [0.4, 0.5) is 4.39 Å². The SMILES string of the molecule is CC(NC1CCCCC1C(C)C)c1cccc(F)c1. The molecule has 3 unspecified atom stereocenters. The molecule has 0 radical (unpaired) electrons. The van der Waals surface area contributed by atoms with Gasteiger partial charge in [-0.25, -0.2) is 4.39 Å². The largest absolute Gasteiger partial charge is 0.307 e. The molecule has 1 nitrogen and oxygen atoms in total. The van der Waals surface area contributed by atoms with E-state index in [0.717, 1.165) is 17.4 Å². The van der Waals surface area contributed by atoms with Gasteiger partial charge in [-0.05, 0) is 49.3 Å². The second kappa shape index (κ2) is 6.51. The zero-order chi connectivity index (χ0) is 13.8. The first kappa shape index (κ1) is 14.5.